The third-order valence-corrected chi connectivity index (χ3v) is 7.67. The van der Waals surface area contributed by atoms with E-state index in [1.807, 2.05) is 0 Å². The van der Waals surface area contributed by atoms with Crippen LogP contribution in [0.3, 0.4) is 0 Å². The number of amides is 1. The SMILES string of the molecule is CC(=O)n1c2c(c(C)/c(=C\C=Cc3c(C)c4c(O)n(-c5ccccc5)nc4n(C(C)=O)c3=O)c1=O)C(=O)N(c1ccccc1)N=2. The number of para-hydroxylation sites is 2. The summed E-state index contributed by atoms with van der Waals surface area (Å²) in [6, 6.07) is 17.4. The standard InChI is InChI=1S/C33H26N6O6/c1-18-24(30(42)36(20(3)40)28-26(18)32(44)38(34-28)22-12-7-5-8-13-22)16-11-17-25-19(2)27-29(37(21(4)41)31(25)43)35-39(33(27)45)23-14-9-6-10-15-23/h5-17,44H,1-4H3/b16-11?,25-17+. The highest BCUT2D eigenvalue weighted by molar-refractivity contribution is 6.08. The second-order valence-electron chi connectivity index (χ2n) is 10.4. The largest absolute Gasteiger partial charge is 0.493 e. The molecule has 12 nitrogen and oxygen atoms in total. The van der Waals surface area contributed by atoms with Gasteiger partial charge in [-0.15, -0.1) is 10.2 Å². The average Bonchev–Trinajstić information content (AvgIpc) is 3.53. The number of hydrogen-bond donors (Lipinski definition) is 1. The van der Waals surface area contributed by atoms with Gasteiger partial charge < -0.3 is 5.11 Å². The topological polar surface area (TPSA) is 149 Å². The molecule has 0 fully saturated rings. The van der Waals surface area contributed by atoms with Crippen LogP contribution >= 0.6 is 0 Å². The van der Waals surface area contributed by atoms with Crippen molar-refractivity contribution in [3.05, 3.63) is 120 Å². The Morgan fingerprint density at radius 3 is 2.00 bits per heavy atom. The first-order valence-electron chi connectivity index (χ1n) is 13.9. The molecule has 45 heavy (non-hydrogen) atoms. The van der Waals surface area contributed by atoms with Gasteiger partial charge in [0.15, 0.2) is 11.1 Å². The van der Waals surface area contributed by atoms with Crippen LogP contribution < -0.4 is 26.8 Å². The summed E-state index contributed by atoms with van der Waals surface area (Å²) in [5.74, 6) is -1.99. The number of aromatic hydroxyl groups is 1. The summed E-state index contributed by atoms with van der Waals surface area (Å²) in [4.78, 5) is 65.8. The highest BCUT2D eigenvalue weighted by Crippen LogP contribution is 2.31. The minimum absolute atomic E-state index is 0.00322. The number of carbonyl (C=O) groups is 3. The molecule has 3 aromatic heterocycles. The van der Waals surface area contributed by atoms with E-state index in [0.717, 1.165) is 14.1 Å². The molecule has 4 heterocycles. The third kappa shape index (κ3) is 4.50. The van der Waals surface area contributed by atoms with Crippen molar-refractivity contribution in [2.24, 2.45) is 5.10 Å². The van der Waals surface area contributed by atoms with E-state index in [1.165, 1.54) is 36.8 Å². The predicted molar refractivity (Wildman–Crippen MR) is 167 cm³/mol. The molecule has 0 radical (unpaired) electrons. The maximum Gasteiger partial charge on any atom is 0.282 e. The van der Waals surface area contributed by atoms with Gasteiger partial charge in [-0.05, 0) is 61.4 Å². The van der Waals surface area contributed by atoms with Crippen molar-refractivity contribution in [1.82, 2.24) is 18.9 Å². The van der Waals surface area contributed by atoms with Crippen LogP contribution in [0.1, 0.15) is 50.5 Å². The fraction of sp³-hybridized carbons (Fsp3) is 0.121. The van der Waals surface area contributed by atoms with Crippen LogP contribution in [0.5, 0.6) is 5.88 Å². The lowest BCUT2D eigenvalue weighted by Gasteiger charge is -2.11. The quantitative estimate of drug-likeness (QED) is 0.333. The first kappa shape index (κ1) is 28.9. The number of carbonyl (C=O) groups excluding carboxylic acids is 3. The van der Waals surface area contributed by atoms with Gasteiger partial charge in [-0.25, -0.2) is 9.13 Å². The van der Waals surface area contributed by atoms with E-state index in [9.17, 15) is 29.1 Å². The van der Waals surface area contributed by atoms with Crippen LogP contribution in [0.4, 0.5) is 5.69 Å². The molecule has 1 aliphatic rings. The fourth-order valence-corrected chi connectivity index (χ4v) is 5.50. The molecular weight excluding hydrogens is 576 g/mol. The van der Waals surface area contributed by atoms with E-state index >= 15 is 0 Å². The van der Waals surface area contributed by atoms with E-state index < -0.39 is 28.8 Å². The lowest BCUT2D eigenvalue weighted by Crippen LogP contribution is -2.48. The number of aromatic nitrogens is 4. The molecule has 0 unspecified atom stereocenters. The first-order valence-corrected chi connectivity index (χ1v) is 13.9. The third-order valence-electron chi connectivity index (χ3n) is 7.67. The zero-order valence-corrected chi connectivity index (χ0v) is 24.7. The second-order valence-corrected chi connectivity index (χ2v) is 10.4. The van der Waals surface area contributed by atoms with Crippen molar-refractivity contribution in [1.29, 1.82) is 0 Å². The Morgan fingerprint density at radius 1 is 0.800 bits per heavy atom. The number of anilines is 1. The second kappa shape index (κ2) is 10.8. The summed E-state index contributed by atoms with van der Waals surface area (Å²) in [7, 11) is 0. The number of nitrogens with zero attached hydrogens (tertiary/aromatic N) is 6. The molecule has 0 spiro atoms. The Bertz CT molecular complexity index is 2370. The normalized spacial score (nSPS) is 13.1. The molecule has 0 saturated carbocycles. The van der Waals surface area contributed by atoms with Gasteiger partial charge in [-0.2, -0.15) is 9.69 Å². The van der Waals surface area contributed by atoms with Crippen molar-refractivity contribution in [2.45, 2.75) is 27.7 Å². The van der Waals surface area contributed by atoms with Gasteiger partial charge >= 0.3 is 0 Å². The van der Waals surface area contributed by atoms with Crippen LogP contribution in [-0.4, -0.2) is 41.7 Å². The average molecular weight is 603 g/mol. The summed E-state index contributed by atoms with van der Waals surface area (Å²) in [6.45, 7) is 5.62. The van der Waals surface area contributed by atoms with Gasteiger partial charge in [0.05, 0.1) is 22.3 Å². The monoisotopic (exact) mass is 602 g/mol. The molecule has 0 bridgehead atoms. The maximum absolute atomic E-state index is 13.6. The lowest BCUT2D eigenvalue weighted by molar-refractivity contribution is 0.0921. The van der Waals surface area contributed by atoms with Gasteiger partial charge in [-0.3, -0.25) is 24.0 Å². The first-order chi connectivity index (χ1) is 21.5. The lowest BCUT2D eigenvalue weighted by atomic mass is 10.1. The fourth-order valence-electron chi connectivity index (χ4n) is 5.50. The molecule has 5 aromatic rings. The van der Waals surface area contributed by atoms with Crippen molar-refractivity contribution in [3.8, 4) is 11.6 Å². The number of aryl methyl sites for hydroxylation is 1. The number of hydrogen-bond acceptors (Lipinski definition) is 8. The molecule has 1 amide bonds. The predicted octanol–water partition coefficient (Wildman–Crippen LogP) is 2.68. The Hall–Kier alpha value is -6.17. The summed E-state index contributed by atoms with van der Waals surface area (Å²) in [5.41, 5.74) is 0.409. The van der Waals surface area contributed by atoms with Gasteiger partial charge in [0.2, 0.25) is 17.7 Å². The Labute approximate surface area is 254 Å². The van der Waals surface area contributed by atoms with Crippen LogP contribution in [0.2, 0.25) is 0 Å². The molecule has 1 aliphatic heterocycles. The van der Waals surface area contributed by atoms with E-state index in [2.05, 4.69) is 10.2 Å². The van der Waals surface area contributed by atoms with Crippen LogP contribution in [-0.2, 0) is 0 Å². The zero-order chi connectivity index (χ0) is 32.2. The molecule has 0 atom stereocenters. The number of allylic oxidation sites excluding steroid dienone is 1. The Morgan fingerprint density at radius 2 is 1.40 bits per heavy atom. The molecule has 2 aromatic carbocycles. The molecule has 0 aliphatic carbocycles. The van der Waals surface area contributed by atoms with Crippen molar-refractivity contribution < 1.29 is 19.5 Å². The van der Waals surface area contributed by atoms with E-state index in [1.54, 1.807) is 74.5 Å². The van der Waals surface area contributed by atoms with Gasteiger partial charge in [0.1, 0.15) is 0 Å². The molecule has 224 valence electrons. The van der Waals surface area contributed by atoms with Gasteiger partial charge in [0.25, 0.3) is 17.0 Å². The highest BCUT2D eigenvalue weighted by atomic mass is 16.3. The van der Waals surface area contributed by atoms with Crippen molar-refractivity contribution >= 4 is 46.6 Å². The van der Waals surface area contributed by atoms with Crippen LogP contribution in [0, 0.1) is 13.8 Å². The molecule has 12 heteroatoms. The minimum atomic E-state index is -0.690. The number of pyridine rings is 2. The number of fused-ring (bicyclic) bond motifs is 2. The highest BCUT2D eigenvalue weighted by Gasteiger charge is 2.31. The smallest absolute Gasteiger partial charge is 0.282 e. The summed E-state index contributed by atoms with van der Waals surface area (Å²) >= 11 is 0. The van der Waals surface area contributed by atoms with Crippen LogP contribution in [0.15, 0.2) is 81.4 Å². The summed E-state index contributed by atoms with van der Waals surface area (Å²) in [6.07, 6.45) is 4.22. The molecule has 1 N–H and O–H groups in total. The molecule has 6 rings (SSSR count). The molecular formula is C33H26N6O6. The summed E-state index contributed by atoms with van der Waals surface area (Å²) < 4.78 is 2.97. The summed E-state index contributed by atoms with van der Waals surface area (Å²) in [5, 5.41) is 21.2. The van der Waals surface area contributed by atoms with Gasteiger partial charge in [0, 0.05) is 24.6 Å². The zero-order valence-electron chi connectivity index (χ0n) is 24.7. The van der Waals surface area contributed by atoms with E-state index in [0.29, 0.717) is 22.5 Å². The van der Waals surface area contributed by atoms with Crippen molar-refractivity contribution in [2.75, 3.05) is 5.01 Å². The number of rotatable bonds is 4. The Kier molecular flexibility index (Phi) is 6.96. The van der Waals surface area contributed by atoms with E-state index in [4.69, 9.17) is 0 Å². The molecule has 0 saturated heterocycles. The van der Waals surface area contributed by atoms with Crippen LogP contribution in [0.25, 0.3) is 28.9 Å². The Balaban J connectivity index is 1.54. The van der Waals surface area contributed by atoms with E-state index in [-0.39, 0.29) is 38.7 Å². The minimum Gasteiger partial charge on any atom is -0.493 e. The van der Waals surface area contributed by atoms with Gasteiger partial charge in [-0.1, -0.05) is 42.5 Å². The number of benzene rings is 2. The maximum atomic E-state index is 13.6. The van der Waals surface area contributed by atoms with Crippen molar-refractivity contribution in [3.63, 3.8) is 0 Å².